The van der Waals surface area contributed by atoms with Gasteiger partial charge in [0.25, 0.3) is 0 Å². The molecular formula is C12H21N3O2. The smallest absolute Gasteiger partial charge is 0.132 e. The van der Waals surface area contributed by atoms with Crippen LogP contribution in [0, 0.1) is 0 Å². The van der Waals surface area contributed by atoms with Crippen molar-refractivity contribution in [2.24, 2.45) is 0 Å². The van der Waals surface area contributed by atoms with E-state index in [1.165, 1.54) is 0 Å². The van der Waals surface area contributed by atoms with Crippen molar-refractivity contribution in [1.82, 2.24) is 9.97 Å². The summed E-state index contributed by atoms with van der Waals surface area (Å²) >= 11 is 0. The highest BCUT2D eigenvalue weighted by atomic mass is 16.5. The fourth-order valence-corrected chi connectivity index (χ4v) is 1.54. The number of nitrogens with zero attached hydrogens (tertiary/aromatic N) is 3. The molecule has 5 heteroatoms. The van der Waals surface area contributed by atoms with Gasteiger partial charge in [-0.2, -0.15) is 0 Å². The van der Waals surface area contributed by atoms with Crippen molar-refractivity contribution < 1.29 is 9.84 Å². The summed E-state index contributed by atoms with van der Waals surface area (Å²) in [6.07, 6.45) is 1.05. The van der Waals surface area contributed by atoms with E-state index in [4.69, 9.17) is 4.74 Å². The number of rotatable bonds is 6. The van der Waals surface area contributed by atoms with Crippen molar-refractivity contribution in [3.63, 3.8) is 0 Å². The maximum atomic E-state index is 9.65. The largest absolute Gasteiger partial charge is 0.389 e. The van der Waals surface area contributed by atoms with Gasteiger partial charge in [-0.25, -0.2) is 9.97 Å². The van der Waals surface area contributed by atoms with E-state index >= 15 is 0 Å². The van der Waals surface area contributed by atoms with E-state index in [1.54, 1.807) is 13.4 Å². The number of aromatic nitrogens is 2. The van der Waals surface area contributed by atoms with Gasteiger partial charge in [0.05, 0.1) is 12.7 Å². The van der Waals surface area contributed by atoms with E-state index in [2.05, 4.69) is 23.8 Å². The molecule has 1 aromatic rings. The van der Waals surface area contributed by atoms with E-state index in [-0.39, 0.29) is 0 Å². The predicted molar refractivity (Wildman–Crippen MR) is 67.3 cm³/mol. The molecule has 1 unspecified atom stereocenters. The Balaban J connectivity index is 2.68. The summed E-state index contributed by atoms with van der Waals surface area (Å²) in [5.41, 5.74) is 1.00. The second-order valence-electron chi connectivity index (χ2n) is 4.45. The van der Waals surface area contributed by atoms with Crippen LogP contribution in [0.15, 0.2) is 12.4 Å². The molecule has 0 saturated heterocycles. The van der Waals surface area contributed by atoms with Crippen LogP contribution in [-0.4, -0.2) is 48.5 Å². The number of hydrogen-bond acceptors (Lipinski definition) is 5. The Bertz CT molecular complexity index is 344. The van der Waals surface area contributed by atoms with E-state index in [1.807, 2.05) is 18.0 Å². The quantitative estimate of drug-likeness (QED) is 0.804. The number of anilines is 1. The summed E-state index contributed by atoms with van der Waals surface area (Å²) in [5, 5.41) is 9.65. The van der Waals surface area contributed by atoms with Crippen LogP contribution in [0.2, 0.25) is 0 Å². The molecule has 0 saturated carbocycles. The number of hydrogen-bond donors (Lipinski definition) is 1. The van der Waals surface area contributed by atoms with E-state index in [0.717, 1.165) is 11.5 Å². The first kappa shape index (κ1) is 13.9. The monoisotopic (exact) mass is 239 g/mol. The number of methoxy groups -OCH3 is 1. The third kappa shape index (κ3) is 4.28. The van der Waals surface area contributed by atoms with Gasteiger partial charge in [-0.15, -0.1) is 0 Å². The normalized spacial score (nSPS) is 12.8. The van der Waals surface area contributed by atoms with Gasteiger partial charge in [0.2, 0.25) is 0 Å². The van der Waals surface area contributed by atoms with Crippen LogP contribution in [0.4, 0.5) is 5.82 Å². The lowest BCUT2D eigenvalue weighted by Crippen LogP contribution is -2.32. The Morgan fingerprint density at radius 2 is 2.12 bits per heavy atom. The molecule has 0 aromatic carbocycles. The average Bonchev–Trinajstić information content (AvgIpc) is 2.29. The van der Waals surface area contributed by atoms with Gasteiger partial charge >= 0.3 is 0 Å². The van der Waals surface area contributed by atoms with Crippen molar-refractivity contribution in [2.75, 3.05) is 32.2 Å². The second kappa shape index (κ2) is 6.51. The van der Waals surface area contributed by atoms with Crippen LogP contribution in [-0.2, 0) is 4.74 Å². The fourth-order valence-electron chi connectivity index (χ4n) is 1.54. The first-order valence-corrected chi connectivity index (χ1v) is 5.74. The lowest BCUT2D eigenvalue weighted by molar-refractivity contribution is 0.0694. The topological polar surface area (TPSA) is 58.5 Å². The highest BCUT2D eigenvalue weighted by molar-refractivity contribution is 5.38. The van der Waals surface area contributed by atoms with Crippen molar-refractivity contribution in [3.8, 4) is 0 Å². The number of ether oxygens (including phenoxy) is 1. The molecule has 0 aliphatic carbocycles. The van der Waals surface area contributed by atoms with Crippen molar-refractivity contribution in [2.45, 2.75) is 25.9 Å². The molecule has 0 aliphatic rings. The van der Waals surface area contributed by atoms with Gasteiger partial charge in [0, 0.05) is 32.5 Å². The van der Waals surface area contributed by atoms with Gasteiger partial charge in [-0.05, 0) is 5.92 Å². The molecule has 1 heterocycles. The van der Waals surface area contributed by atoms with Crippen LogP contribution in [0.3, 0.4) is 0 Å². The highest BCUT2D eigenvalue weighted by Gasteiger charge is 2.11. The van der Waals surface area contributed by atoms with Crippen LogP contribution in [0.25, 0.3) is 0 Å². The molecule has 1 N–H and O–H groups in total. The zero-order chi connectivity index (χ0) is 12.8. The lowest BCUT2D eigenvalue weighted by atomic mass is 10.1. The molecule has 0 spiro atoms. The van der Waals surface area contributed by atoms with Crippen molar-refractivity contribution in [1.29, 1.82) is 0 Å². The van der Waals surface area contributed by atoms with Gasteiger partial charge in [-0.3, -0.25) is 0 Å². The molecule has 0 aliphatic heterocycles. The van der Waals surface area contributed by atoms with Gasteiger partial charge in [0.15, 0.2) is 0 Å². The maximum Gasteiger partial charge on any atom is 0.132 e. The minimum atomic E-state index is -0.512. The molecule has 17 heavy (non-hydrogen) atoms. The van der Waals surface area contributed by atoms with E-state index < -0.39 is 6.10 Å². The van der Waals surface area contributed by atoms with Crippen molar-refractivity contribution in [3.05, 3.63) is 18.1 Å². The minimum absolute atomic E-state index is 0.326. The molecule has 1 aromatic heterocycles. The second-order valence-corrected chi connectivity index (χ2v) is 4.45. The summed E-state index contributed by atoms with van der Waals surface area (Å²) in [6.45, 7) is 4.99. The SMILES string of the molecule is COCC(O)CN(C)c1cc(C(C)C)ncn1. The number of likely N-dealkylation sites (N-methyl/N-ethyl adjacent to an activating group) is 1. The first-order valence-electron chi connectivity index (χ1n) is 5.74. The minimum Gasteiger partial charge on any atom is -0.389 e. The zero-order valence-corrected chi connectivity index (χ0v) is 10.9. The summed E-state index contributed by atoms with van der Waals surface area (Å²) in [5.74, 6) is 1.19. The van der Waals surface area contributed by atoms with E-state index in [0.29, 0.717) is 19.1 Å². The molecular weight excluding hydrogens is 218 g/mol. The summed E-state index contributed by atoms with van der Waals surface area (Å²) in [6, 6.07) is 1.95. The summed E-state index contributed by atoms with van der Waals surface area (Å²) in [7, 11) is 3.47. The summed E-state index contributed by atoms with van der Waals surface area (Å²) in [4.78, 5) is 10.3. The van der Waals surface area contributed by atoms with Crippen LogP contribution >= 0.6 is 0 Å². The third-order valence-electron chi connectivity index (χ3n) is 2.50. The Labute approximate surface area is 102 Å². The predicted octanol–water partition coefficient (Wildman–Crippen LogP) is 1.04. The Morgan fingerprint density at radius 3 is 2.71 bits per heavy atom. The van der Waals surface area contributed by atoms with Crippen molar-refractivity contribution >= 4 is 5.82 Å². The Hall–Kier alpha value is -1.20. The molecule has 1 atom stereocenters. The molecule has 5 nitrogen and oxygen atoms in total. The lowest BCUT2D eigenvalue weighted by Gasteiger charge is -2.21. The molecule has 96 valence electrons. The molecule has 0 fully saturated rings. The van der Waals surface area contributed by atoms with Gasteiger partial charge in [0.1, 0.15) is 12.1 Å². The maximum absolute atomic E-state index is 9.65. The number of aliphatic hydroxyl groups excluding tert-OH is 1. The number of aliphatic hydroxyl groups is 1. The first-order chi connectivity index (χ1) is 8.04. The molecule has 0 bridgehead atoms. The Morgan fingerprint density at radius 1 is 1.41 bits per heavy atom. The van der Waals surface area contributed by atoms with Crippen LogP contribution in [0.5, 0.6) is 0 Å². The third-order valence-corrected chi connectivity index (χ3v) is 2.50. The molecule has 0 amide bonds. The molecule has 0 radical (unpaired) electrons. The van der Waals surface area contributed by atoms with Gasteiger partial charge < -0.3 is 14.7 Å². The standard InChI is InChI=1S/C12H21N3O2/c1-9(2)11-5-12(14-8-13-11)15(3)6-10(16)7-17-4/h5,8-10,16H,6-7H2,1-4H3. The average molecular weight is 239 g/mol. The zero-order valence-electron chi connectivity index (χ0n) is 10.9. The summed E-state index contributed by atoms with van der Waals surface area (Å²) < 4.78 is 4.89. The molecule has 1 rings (SSSR count). The van der Waals surface area contributed by atoms with Crippen LogP contribution < -0.4 is 4.90 Å². The Kier molecular flexibility index (Phi) is 5.31. The fraction of sp³-hybridized carbons (Fsp3) is 0.667. The van der Waals surface area contributed by atoms with Crippen LogP contribution in [0.1, 0.15) is 25.5 Å². The van der Waals surface area contributed by atoms with Gasteiger partial charge in [-0.1, -0.05) is 13.8 Å². The van der Waals surface area contributed by atoms with E-state index in [9.17, 15) is 5.11 Å². The highest BCUT2D eigenvalue weighted by Crippen LogP contribution is 2.16.